The summed E-state index contributed by atoms with van der Waals surface area (Å²) in [7, 11) is 0. The smallest absolute Gasteiger partial charge is 0.272 e. The van der Waals surface area contributed by atoms with Crippen LogP contribution in [0, 0.1) is 5.89 Å². The lowest BCUT2D eigenvalue weighted by atomic mass is 10.0. The molecule has 0 saturated heterocycles. The number of carbonyl (C=O) groups is 3. The quantitative estimate of drug-likeness (QED) is 0.776. The number of hydrogen-bond donors (Lipinski definition) is 2. The molecule has 2 rings (SSSR count). The van der Waals surface area contributed by atoms with Gasteiger partial charge in [0, 0.05) is 37.5 Å². The third kappa shape index (κ3) is 6.08. The normalized spacial score (nSPS) is 18.7. The molecule has 0 spiro atoms. The van der Waals surface area contributed by atoms with Gasteiger partial charge >= 0.3 is 0 Å². The molecular weight excluding hydrogens is 332 g/mol. The van der Waals surface area contributed by atoms with E-state index in [2.05, 4.69) is 15.3 Å². The molecule has 0 bridgehead atoms. The highest BCUT2D eigenvalue weighted by Crippen LogP contribution is 2.05. The second-order valence-corrected chi connectivity index (χ2v) is 5.12. The highest BCUT2D eigenvalue weighted by atomic mass is 16.2. The van der Waals surface area contributed by atoms with Crippen molar-refractivity contribution < 1.29 is 26.7 Å². The van der Waals surface area contributed by atoms with Gasteiger partial charge in [0.25, 0.3) is 5.91 Å². The first-order valence-corrected chi connectivity index (χ1v) is 7.48. The van der Waals surface area contributed by atoms with Crippen molar-refractivity contribution in [1.82, 2.24) is 20.6 Å². The summed E-state index contributed by atoms with van der Waals surface area (Å²) < 4.78 is 68.2. The Kier molecular flexibility index (Phi) is 3.67. The average molecular weight is 363 g/mol. The molecule has 0 saturated carbocycles. The van der Waals surface area contributed by atoms with E-state index in [0.717, 1.165) is 6.20 Å². The minimum atomic E-state index is -3.89. The number of rotatable bonds is 7. The number of hydrogen-bond acceptors (Lipinski definition) is 5. The SMILES string of the molecule is [2H]C([2H])([2H])C([2H])(C([2H])([2H])[2H])C([2H])([2H])C(=O)NC(=O)[C@@H](Cc1ccccc1)NC(=O)c1cnccn1. The van der Waals surface area contributed by atoms with Crippen LogP contribution in [0.3, 0.4) is 0 Å². The summed E-state index contributed by atoms with van der Waals surface area (Å²) in [5.74, 6) is -7.94. The van der Waals surface area contributed by atoms with Gasteiger partial charge in [-0.15, -0.1) is 0 Å². The second kappa shape index (κ2) is 9.41. The molecule has 26 heavy (non-hydrogen) atoms. The minimum Gasteiger partial charge on any atom is -0.338 e. The van der Waals surface area contributed by atoms with Gasteiger partial charge in [0.15, 0.2) is 0 Å². The minimum absolute atomic E-state index is 0.157. The Morgan fingerprint density at radius 1 is 1.23 bits per heavy atom. The van der Waals surface area contributed by atoms with Gasteiger partial charge in [-0.1, -0.05) is 44.0 Å². The maximum absolute atomic E-state index is 12.9. The summed E-state index contributed by atoms with van der Waals surface area (Å²) in [4.78, 5) is 45.6. The lowest BCUT2D eigenvalue weighted by Gasteiger charge is -2.18. The molecule has 0 radical (unpaired) electrons. The van der Waals surface area contributed by atoms with Crippen LogP contribution in [0.2, 0.25) is 0 Å². The first kappa shape index (κ1) is 10.2. The van der Waals surface area contributed by atoms with Gasteiger partial charge in [-0.2, -0.15) is 0 Å². The monoisotopic (exact) mass is 363 g/mol. The van der Waals surface area contributed by atoms with Gasteiger partial charge in [0.2, 0.25) is 11.8 Å². The number of nitrogens with one attached hydrogen (secondary N) is 2. The molecular formula is C19H22N4O3. The zero-order valence-electron chi connectivity index (χ0n) is 22.5. The van der Waals surface area contributed by atoms with Crippen LogP contribution in [-0.2, 0) is 16.0 Å². The molecule has 0 aliphatic heterocycles. The molecule has 7 heteroatoms. The van der Waals surface area contributed by atoms with Crippen LogP contribution < -0.4 is 10.6 Å². The van der Waals surface area contributed by atoms with Crippen molar-refractivity contribution in [1.29, 1.82) is 0 Å². The molecule has 0 aliphatic carbocycles. The van der Waals surface area contributed by atoms with E-state index in [-0.39, 0.29) is 12.1 Å². The summed E-state index contributed by atoms with van der Waals surface area (Å²) >= 11 is 0. The Labute approximate surface area is 164 Å². The molecule has 136 valence electrons. The molecule has 1 aromatic carbocycles. The number of nitrogens with zero attached hydrogens (tertiary/aromatic N) is 2. The fraction of sp³-hybridized carbons (Fsp3) is 0.316. The van der Waals surface area contributed by atoms with Crippen LogP contribution in [0.25, 0.3) is 0 Å². The van der Waals surface area contributed by atoms with Gasteiger partial charge in [-0.05, 0) is 11.5 Å². The molecule has 0 unspecified atom stereocenters. The topological polar surface area (TPSA) is 101 Å². The largest absolute Gasteiger partial charge is 0.338 e. The van der Waals surface area contributed by atoms with Crippen molar-refractivity contribution in [2.75, 3.05) is 0 Å². The number of carbonyl (C=O) groups excluding carboxylic acids is 3. The van der Waals surface area contributed by atoms with Crippen LogP contribution >= 0.6 is 0 Å². The predicted molar refractivity (Wildman–Crippen MR) is 96.0 cm³/mol. The molecule has 2 N–H and O–H groups in total. The second-order valence-electron chi connectivity index (χ2n) is 5.12. The molecule has 2 aromatic rings. The van der Waals surface area contributed by atoms with E-state index in [1.807, 2.05) is 0 Å². The first-order valence-electron chi connectivity index (χ1n) is 12.0. The molecule has 1 aromatic heterocycles. The van der Waals surface area contributed by atoms with Gasteiger partial charge in [-0.3, -0.25) is 24.7 Å². The molecule has 1 atom stereocenters. The predicted octanol–water partition coefficient (Wildman–Crippen LogP) is 1.51. The maximum atomic E-state index is 12.9. The van der Waals surface area contributed by atoms with E-state index >= 15 is 0 Å². The van der Waals surface area contributed by atoms with Crippen LogP contribution in [0.15, 0.2) is 48.9 Å². The summed E-state index contributed by atoms with van der Waals surface area (Å²) in [5, 5.41) is 3.96. The maximum Gasteiger partial charge on any atom is 0.272 e. The van der Waals surface area contributed by atoms with Crippen LogP contribution in [0.4, 0.5) is 0 Å². The van der Waals surface area contributed by atoms with E-state index in [1.165, 1.54) is 12.4 Å². The Hall–Kier alpha value is -3.09. The summed E-state index contributed by atoms with van der Waals surface area (Å²) in [6.45, 7) is -7.52. The van der Waals surface area contributed by atoms with Crippen molar-refractivity contribution in [3.05, 3.63) is 60.2 Å². The van der Waals surface area contributed by atoms with E-state index in [9.17, 15) is 14.4 Å². The van der Waals surface area contributed by atoms with Crippen molar-refractivity contribution in [3.8, 4) is 0 Å². The first-order chi connectivity index (χ1) is 16.0. The Morgan fingerprint density at radius 3 is 2.65 bits per heavy atom. The Morgan fingerprint density at radius 2 is 2.00 bits per heavy atom. The van der Waals surface area contributed by atoms with Gasteiger partial charge in [0.1, 0.15) is 11.7 Å². The van der Waals surface area contributed by atoms with E-state index in [0.29, 0.717) is 5.56 Å². The van der Waals surface area contributed by atoms with Gasteiger partial charge in [0.05, 0.1) is 6.20 Å². The lowest BCUT2D eigenvalue weighted by molar-refractivity contribution is -0.131. The highest BCUT2D eigenvalue weighted by Gasteiger charge is 2.24. The van der Waals surface area contributed by atoms with Crippen LogP contribution in [0.5, 0.6) is 0 Å². The van der Waals surface area contributed by atoms with Gasteiger partial charge in [-0.25, -0.2) is 4.98 Å². The fourth-order valence-corrected chi connectivity index (χ4v) is 2.05. The molecule has 3 amide bonds. The molecule has 0 fully saturated rings. The molecule has 1 heterocycles. The summed E-state index contributed by atoms with van der Waals surface area (Å²) in [6, 6.07) is 6.76. The van der Waals surface area contributed by atoms with E-state index in [4.69, 9.17) is 12.3 Å². The number of imide groups is 1. The fourth-order valence-electron chi connectivity index (χ4n) is 2.05. The number of aromatic nitrogens is 2. The van der Waals surface area contributed by atoms with Crippen molar-refractivity contribution >= 4 is 17.7 Å². The summed E-state index contributed by atoms with van der Waals surface area (Å²) in [5.41, 5.74) is 0.386. The van der Waals surface area contributed by atoms with Crippen molar-refractivity contribution in [2.24, 2.45) is 5.89 Å². The van der Waals surface area contributed by atoms with E-state index < -0.39 is 49.7 Å². The highest BCUT2D eigenvalue weighted by molar-refractivity contribution is 6.01. The zero-order chi connectivity index (χ0) is 26.7. The Balaban J connectivity index is 2.35. The van der Waals surface area contributed by atoms with E-state index in [1.54, 1.807) is 35.6 Å². The van der Waals surface area contributed by atoms with Crippen molar-refractivity contribution in [3.63, 3.8) is 0 Å². The third-order valence-electron chi connectivity index (χ3n) is 3.18. The zero-order valence-corrected chi connectivity index (χ0v) is 13.5. The number of benzene rings is 1. The van der Waals surface area contributed by atoms with Gasteiger partial charge < -0.3 is 5.32 Å². The van der Waals surface area contributed by atoms with Crippen molar-refractivity contribution in [2.45, 2.75) is 32.5 Å². The third-order valence-corrected chi connectivity index (χ3v) is 3.18. The lowest BCUT2D eigenvalue weighted by Crippen LogP contribution is -2.49. The average Bonchev–Trinajstić information content (AvgIpc) is 2.77. The van der Waals surface area contributed by atoms with Crippen LogP contribution in [0.1, 0.15) is 48.5 Å². The molecule has 7 nitrogen and oxygen atoms in total. The summed E-state index contributed by atoms with van der Waals surface area (Å²) in [6.07, 6.45) is -0.353. The van der Waals surface area contributed by atoms with Crippen LogP contribution in [-0.4, -0.2) is 33.7 Å². The molecule has 0 aliphatic rings. The standard InChI is InChI=1S/C19H22N4O3/c1-13(2)10-17(24)23-18(25)15(11-14-6-4-3-5-7-14)22-19(26)16-12-20-8-9-21-16/h3-9,12-13,15H,10-11H2,1-2H3,(H,22,26)(H,23,24,25)/t15-/m1/s1/i1D3,2D3,10D2,13D. The number of amides is 3. The Bertz CT molecular complexity index is 1050.